The van der Waals surface area contributed by atoms with Crippen molar-refractivity contribution in [2.24, 2.45) is 0 Å². The number of fused-ring (bicyclic) bond motifs is 2. The summed E-state index contributed by atoms with van der Waals surface area (Å²) in [4.78, 5) is 17.9. The van der Waals surface area contributed by atoms with Crippen LogP contribution in [-0.2, 0) is 0 Å². The average Bonchev–Trinajstić information content (AvgIpc) is 3.53. The Hall–Kier alpha value is -3.97. The number of nitrogens with zero attached hydrogens (tertiary/aromatic N) is 2. The van der Waals surface area contributed by atoms with Gasteiger partial charge in [0.2, 0.25) is 0 Å². The van der Waals surface area contributed by atoms with Crippen LogP contribution in [0, 0.1) is 0 Å². The zero-order chi connectivity index (χ0) is 22.4. The standard InChI is InChI=1S/C25H18ClN3O4/c26-24-17(11-16-12-22-23(14-18(16)27-24)33-10-9-32-22)20-13-19(15-5-2-1-3-6-15)28-29(20)25(30)21-7-4-8-31-21/h1-8,11-14,20,28H,9-10H2/t20-/m1/s1. The highest BCUT2D eigenvalue weighted by molar-refractivity contribution is 6.30. The lowest BCUT2D eigenvalue weighted by Crippen LogP contribution is -2.39. The van der Waals surface area contributed by atoms with E-state index in [2.05, 4.69) is 10.4 Å². The Labute approximate surface area is 194 Å². The largest absolute Gasteiger partial charge is 0.486 e. The Bertz CT molecular complexity index is 1390. The maximum absolute atomic E-state index is 13.3. The highest BCUT2D eigenvalue weighted by atomic mass is 35.5. The van der Waals surface area contributed by atoms with Crippen LogP contribution in [0.1, 0.15) is 27.7 Å². The number of hydrogen-bond donors (Lipinski definition) is 1. The molecule has 0 radical (unpaired) electrons. The van der Waals surface area contributed by atoms with Crippen LogP contribution < -0.4 is 14.9 Å². The van der Waals surface area contributed by atoms with Gasteiger partial charge in [-0.15, -0.1) is 0 Å². The van der Waals surface area contributed by atoms with Gasteiger partial charge in [0.15, 0.2) is 17.3 Å². The Morgan fingerprint density at radius 1 is 1.03 bits per heavy atom. The molecule has 2 aromatic heterocycles. The number of nitrogens with one attached hydrogen (secondary N) is 1. The van der Waals surface area contributed by atoms with Crippen molar-refractivity contribution >= 4 is 34.1 Å². The fraction of sp³-hybridized carbons (Fsp3) is 0.120. The van der Waals surface area contributed by atoms with Crippen LogP contribution in [0.5, 0.6) is 11.5 Å². The minimum absolute atomic E-state index is 0.222. The quantitative estimate of drug-likeness (QED) is 0.435. The van der Waals surface area contributed by atoms with Crippen molar-refractivity contribution in [2.75, 3.05) is 13.2 Å². The Kier molecular flexibility index (Phi) is 4.69. The van der Waals surface area contributed by atoms with Gasteiger partial charge < -0.3 is 13.9 Å². The molecule has 33 heavy (non-hydrogen) atoms. The van der Waals surface area contributed by atoms with Gasteiger partial charge in [0.1, 0.15) is 24.4 Å². The highest BCUT2D eigenvalue weighted by Gasteiger charge is 2.34. The number of benzene rings is 2. The molecule has 2 aliphatic rings. The van der Waals surface area contributed by atoms with Crippen molar-refractivity contribution < 1.29 is 18.7 Å². The van der Waals surface area contributed by atoms with Gasteiger partial charge in [0, 0.05) is 17.0 Å². The first kappa shape index (κ1) is 19.7. The van der Waals surface area contributed by atoms with Crippen molar-refractivity contribution in [2.45, 2.75) is 6.04 Å². The van der Waals surface area contributed by atoms with Gasteiger partial charge in [0.05, 0.1) is 17.5 Å². The molecule has 0 spiro atoms. The third-order valence-corrected chi connectivity index (χ3v) is 5.96. The Morgan fingerprint density at radius 2 is 1.82 bits per heavy atom. The summed E-state index contributed by atoms with van der Waals surface area (Å²) in [7, 11) is 0. The van der Waals surface area contributed by atoms with Crippen LogP contribution in [-0.4, -0.2) is 29.1 Å². The van der Waals surface area contributed by atoms with Gasteiger partial charge in [-0.1, -0.05) is 41.9 Å². The lowest BCUT2D eigenvalue weighted by molar-refractivity contribution is 0.0639. The minimum atomic E-state index is -0.504. The molecule has 0 fully saturated rings. The summed E-state index contributed by atoms with van der Waals surface area (Å²) in [6.07, 6.45) is 3.43. The molecule has 0 saturated heterocycles. The van der Waals surface area contributed by atoms with Crippen LogP contribution in [0.25, 0.3) is 16.6 Å². The summed E-state index contributed by atoms with van der Waals surface area (Å²) in [6, 6.07) is 18.2. The van der Waals surface area contributed by atoms with Crippen LogP contribution >= 0.6 is 11.6 Å². The van der Waals surface area contributed by atoms with Gasteiger partial charge in [-0.05, 0) is 35.9 Å². The third kappa shape index (κ3) is 3.47. The molecule has 0 unspecified atom stereocenters. The molecule has 4 heterocycles. The number of pyridine rings is 1. The summed E-state index contributed by atoms with van der Waals surface area (Å²) >= 11 is 6.65. The number of aromatic nitrogens is 1. The van der Waals surface area contributed by atoms with Gasteiger partial charge in [-0.25, -0.2) is 9.99 Å². The molecule has 1 N–H and O–H groups in total. The maximum Gasteiger partial charge on any atom is 0.308 e. The summed E-state index contributed by atoms with van der Waals surface area (Å²) < 4.78 is 16.7. The monoisotopic (exact) mass is 459 g/mol. The summed E-state index contributed by atoms with van der Waals surface area (Å²) in [5, 5.41) is 2.65. The lowest BCUT2D eigenvalue weighted by atomic mass is 10.0. The van der Waals surface area contributed by atoms with E-state index in [9.17, 15) is 4.79 Å². The zero-order valence-corrected chi connectivity index (χ0v) is 18.1. The second-order valence-electron chi connectivity index (χ2n) is 7.71. The van der Waals surface area contributed by atoms with Crippen molar-refractivity contribution in [1.82, 2.24) is 15.4 Å². The topological polar surface area (TPSA) is 76.8 Å². The number of carbonyl (C=O) groups is 1. The molecule has 0 bridgehead atoms. The average molecular weight is 460 g/mol. The van der Waals surface area contributed by atoms with E-state index in [0.717, 1.165) is 16.6 Å². The van der Waals surface area contributed by atoms with E-state index in [-0.39, 0.29) is 11.7 Å². The van der Waals surface area contributed by atoms with Crippen LogP contribution in [0.15, 0.2) is 77.4 Å². The number of hydrazine groups is 1. The first-order valence-electron chi connectivity index (χ1n) is 10.5. The van der Waals surface area contributed by atoms with Gasteiger partial charge in [-0.3, -0.25) is 10.2 Å². The Morgan fingerprint density at radius 3 is 2.58 bits per heavy atom. The van der Waals surface area contributed by atoms with Gasteiger partial charge in [0.25, 0.3) is 0 Å². The molecule has 0 aliphatic carbocycles. The van der Waals surface area contributed by atoms with E-state index in [1.165, 1.54) is 11.3 Å². The van der Waals surface area contributed by atoms with Gasteiger partial charge >= 0.3 is 5.91 Å². The first-order valence-corrected chi connectivity index (χ1v) is 10.9. The molecular formula is C25H18ClN3O4. The first-order chi connectivity index (χ1) is 16.2. The molecule has 1 amide bonds. The van der Waals surface area contributed by atoms with E-state index in [4.69, 9.17) is 25.5 Å². The molecular weight excluding hydrogens is 442 g/mol. The summed E-state index contributed by atoms with van der Waals surface area (Å²) in [6.45, 7) is 0.989. The van der Waals surface area contributed by atoms with E-state index >= 15 is 0 Å². The molecule has 6 rings (SSSR count). The molecule has 164 valence electrons. The summed E-state index contributed by atoms with van der Waals surface area (Å²) in [5.41, 5.74) is 6.33. The molecule has 8 heteroatoms. The van der Waals surface area contributed by atoms with E-state index < -0.39 is 6.04 Å². The van der Waals surface area contributed by atoms with Crippen molar-refractivity contribution in [3.8, 4) is 11.5 Å². The van der Waals surface area contributed by atoms with E-state index in [0.29, 0.717) is 40.9 Å². The molecule has 7 nitrogen and oxygen atoms in total. The number of furan rings is 1. The molecule has 4 aromatic rings. The van der Waals surface area contributed by atoms with Crippen molar-refractivity contribution in [3.63, 3.8) is 0 Å². The number of rotatable bonds is 3. The second kappa shape index (κ2) is 7.86. The fourth-order valence-corrected chi connectivity index (χ4v) is 4.34. The number of hydrogen-bond acceptors (Lipinski definition) is 6. The van der Waals surface area contributed by atoms with Crippen molar-refractivity contribution in [3.05, 3.63) is 95.0 Å². The predicted octanol–water partition coefficient (Wildman–Crippen LogP) is 5.00. The maximum atomic E-state index is 13.3. The third-order valence-electron chi connectivity index (χ3n) is 5.66. The number of amides is 1. The Balaban J connectivity index is 1.46. The second-order valence-corrected chi connectivity index (χ2v) is 8.07. The lowest BCUT2D eigenvalue weighted by Gasteiger charge is -2.25. The van der Waals surface area contributed by atoms with Crippen LogP contribution in [0.4, 0.5) is 0 Å². The van der Waals surface area contributed by atoms with E-state index in [1.54, 1.807) is 12.1 Å². The van der Waals surface area contributed by atoms with Crippen LogP contribution in [0.3, 0.4) is 0 Å². The predicted molar refractivity (Wildman–Crippen MR) is 123 cm³/mol. The molecule has 2 aromatic carbocycles. The summed E-state index contributed by atoms with van der Waals surface area (Å²) in [5.74, 6) is 1.22. The van der Waals surface area contributed by atoms with Gasteiger partial charge in [-0.2, -0.15) is 0 Å². The fourth-order valence-electron chi connectivity index (χ4n) is 4.08. The minimum Gasteiger partial charge on any atom is -0.486 e. The molecule has 1 atom stereocenters. The number of ether oxygens (including phenoxy) is 2. The number of halogens is 1. The highest BCUT2D eigenvalue weighted by Crippen LogP contribution is 2.39. The SMILES string of the molecule is O=C(c1ccco1)N1NC(c2ccccc2)=C[C@@H]1c1cc2cc3c(cc2nc1Cl)OCCO3. The van der Waals surface area contributed by atoms with Crippen LogP contribution in [0.2, 0.25) is 5.15 Å². The smallest absolute Gasteiger partial charge is 0.308 e. The van der Waals surface area contributed by atoms with Crippen molar-refractivity contribution in [1.29, 1.82) is 0 Å². The zero-order valence-electron chi connectivity index (χ0n) is 17.3. The normalized spacial score (nSPS) is 17.1. The number of carbonyl (C=O) groups excluding carboxylic acids is 1. The van der Waals surface area contributed by atoms with E-state index in [1.807, 2.05) is 54.6 Å². The molecule has 0 saturated carbocycles. The molecule has 2 aliphatic heterocycles.